The molecule has 1 heterocycles. The number of nitrogens with one attached hydrogen (secondary N) is 1. The summed E-state index contributed by atoms with van der Waals surface area (Å²) >= 11 is 0. The maximum atomic E-state index is 11.6. The minimum Gasteiger partial charge on any atom is -0.508 e. The van der Waals surface area contributed by atoms with E-state index < -0.39 is 0 Å². The molecule has 0 aliphatic carbocycles. The maximum absolute atomic E-state index is 11.6. The lowest BCUT2D eigenvalue weighted by atomic mass is 10.0. The number of hydrogen-bond acceptors (Lipinski definition) is 6. The van der Waals surface area contributed by atoms with Crippen molar-refractivity contribution in [3.05, 3.63) is 42.2 Å². The van der Waals surface area contributed by atoms with Crippen LogP contribution in [0.1, 0.15) is 18.0 Å². The van der Waals surface area contributed by atoms with Gasteiger partial charge in [0, 0.05) is 19.4 Å². The lowest BCUT2D eigenvalue weighted by Gasteiger charge is -2.32. The van der Waals surface area contributed by atoms with Crippen molar-refractivity contribution in [1.29, 1.82) is 0 Å². The van der Waals surface area contributed by atoms with E-state index in [0.29, 0.717) is 0 Å². The van der Waals surface area contributed by atoms with Crippen molar-refractivity contribution in [2.75, 3.05) is 14.2 Å². The fourth-order valence-corrected chi connectivity index (χ4v) is 1.97. The minimum atomic E-state index is -0.292. The number of phenolic OH excluding ortho intramolecular Hbond substituents is 1. The van der Waals surface area contributed by atoms with Crippen LogP contribution in [0.3, 0.4) is 0 Å². The number of carbonyl (C=O) groups is 1. The number of methoxy groups -OCH3 is 1. The van der Waals surface area contributed by atoms with Crippen molar-refractivity contribution in [1.82, 2.24) is 15.6 Å². The van der Waals surface area contributed by atoms with Crippen molar-refractivity contribution in [2.24, 2.45) is 0 Å². The van der Waals surface area contributed by atoms with Crippen LogP contribution in [-0.4, -0.2) is 35.4 Å². The van der Waals surface area contributed by atoms with Gasteiger partial charge in [0.1, 0.15) is 5.75 Å². The van der Waals surface area contributed by atoms with Gasteiger partial charge in [-0.25, -0.2) is 0 Å². The van der Waals surface area contributed by atoms with Crippen LogP contribution in [0.25, 0.3) is 0 Å². The average molecular weight is 263 g/mol. The second-order valence-corrected chi connectivity index (χ2v) is 4.25. The summed E-state index contributed by atoms with van der Waals surface area (Å²) in [7, 11) is 3.25. The number of aromatic hydroxyl groups is 1. The summed E-state index contributed by atoms with van der Waals surface area (Å²) in [5.41, 5.74) is 3.97. The van der Waals surface area contributed by atoms with Crippen LogP contribution in [0.15, 0.2) is 36.7 Å². The van der Waals surface area contributed by atoms with Crippen LogP contribution in [0.2, 0.25) is 0 Å². The van der Waals surface area contributed by atoms with Gasteiger partial charge in [-0.2, -0.15) is 0 Å². The summed E-state index contributed by atoms with van der Waals surface area (Å²) in [6.07, 6.45) is 3.84. The Morgan fingerprint density at radius 3 is 2.63 bits per heavy atom. The summed E-state index contributed by atoms with van der Waals surface area (Å²) < 4.78 is 4.74. The molecule has 0 saturated heterocycles. The van der Waals surface area contributed by atoms with E-state index in [9.17, 15) is 9.90 Å². The average Bonchev–Trinajstić information content (AvgIpc) is 2.83. The first-order chi connectivity index (χ1) is 9.11. The standard InChI is InChI=1S/C13H17N3O3/c1-15-8-7-14-16(15)12(9-13(18)19-2)10-3-5-11(17)6-4-10/h3-8,12,14,17H,9H2,1-2H3/t12-/m0/s1. The fourth-order valence-electron chi connectivity index (χ4n) is 1.97. The second kappa shape index (κ2) is 5.62. The molecule has 2 rings (SSSR count). The molecule has 6 heteroatoms. The normalized spacial score (nSPS) is 16.2. The van der Waals surface area contributed by atoms with E-state index in [1.54, 1.807) is 30.5 Å². The molecular formula is C13H17N3O3. The highest BCUT2D eigenvalue weighted by atomic mass is 16.5. The number of rotatable bonds is 4. The molecule has 0 amide bonds. The molecule has 0 bridgehead atoms. The lowest BCUT2D eigenvalue weighted by molar-refractivity contribution is -0.144. The molecule has 0 radical (unpaired) electrons. The molecule has 0 aromatic heterocycles. The molecule has 1 aromatic carbocycles. The van der Waals surface area contributed by atoms with Gasteiger partial charge in [-0.1, -0.05) is 12.1 Å². The highest BCUT2D eigenvalue weighted by molar-refractivity contribution is 5.70. The molecule has 0 spiro atoms. The molecule has 2 N–H and O–H groups in total. The van der Waals surface area contributed by atoms with E-state index in [1.807, 2.05) is 23.4 Å². The van der Waals surface area contributed by atoms with Crippen LogP contribution in [0.4, 0.5) is 0 Å². The summed E-state index contributed by atoms with van der Waals surface area (Å²) in [5, 5.41) is 13.0. The largest absolute Gasteiger partial charge is 0.508 e. The van der Waals surface area contributed by atoms with Gasteiger partial charge < -0.3 is 15.3 Å². The number of carbonyl (C=O) groups excluding carboxylic acids is 1. The zero-order valence-corrected chi connectivity index (χ0v) is 10.9. The molecular weight excluding hydrogens is 246 g/mol. The maximum Gasteiger partial charge on any atom is 0.307 e. The zero-order valence-electron chi connectivity index (χ0n) is 10.9. The molecule has 1 aliphatic rings. The second-order valence-electron chi connectivity index (χ2n) is 4.25. The van der Waals surface area contributed by atoms with Gasteiger partial charge in [-0.15, -0.1) is 5.12 Å². The van der Waals surface area contributed by atoms with Gasteiger partial charge in [0.2, 0.25) is 0 Å². The molecule has 102 valence electrons. The molecule has 1 atom stereocenters. The van der Waals surface area contributed by atoms with E-state index in [-0.39, 0.29) is 24.2 Å². The Morgan fingerprint density at radius 2 is 2.11 bits per heavy atom. The Balaban J connectivity index is 2.23. The number of ether oxygens (including phenoxy) is 1. The number of nitrogens with zero attached hydrogens (tertiary/aromatic N) is 2. The molecule has 6 nitrogen and oxygen atoms in total. The number of benzene rings is 1. The first-order valence-electron chi connectivity index (χ1n) is 5.92. The first-order valence-corrected chi connectivity index (χ1v) is 5.92. The van der Waals surface area contributed by atoms with Crippen LogP contribution in [0, 0.1) is 0 Å². The third-order valence-corrected chi connectivity index (χ3v) is 3.00. The SMILES string of the molecule is COC(=O)C[C@@H](c1ccc(O)cc1)N1NC=CN1C. The third-order valence-electron chi connectivity index (χ3n) is 3.00. The van der Waals surface area contributed by atoms with E-state index in [0.717, 1.165) is 5.56 Å². The lowest BCUT2D eigenvalue weighted by Crippen LogP contribution is -2.43. The molecule has 19 heavy (non-hydrogen) atoms. The van der Waals surface area contributed by atoms with Gasteiger partial charge >= 0.3 is 5.97 Å². The Morgan fingerprint density at radius 1 is 1.42 bits per heavy atom. The minimum absolute atomic E-state index is 0.196. The van der Waals surface area contributed by atoms with Crippen LogP contribution in [-0.2, 0) is 9.53 Å². The Kier molecular flexibility index (Phi) is 3.91. The highest BCUT2D eigenvalue weighted by Gasteiger charge is 2.27. The highest BCUT2D eigenvalue weighted by Crippen LogP contribution is 2.27. The number of esters is 1. The number of hydrogen-bond donors (Lipinski definition) is 2. The monoisotopic (exact) mass is 263 g/mol. The molecule has 0 unspecified atom stereocenters. The first kappa shape index (κ1) is 13.2. The summed E-state index contributed by atoms with van der Waals surface area (Å²) in [5.74, 6) is -0.0957. The Hall–Kier alpha value is -2.21. The van der Waals surface area contributed by atoms with Gasteiger partial charge in [-0.05, 0) is 17.7 Å². The van der Waals surface area contributed by atoms with Gasteiger partial charge in [-0.3, -0.25) is 9.80 Å². The molecule has 1 aromatic rings. The van der Waals surface area contributed by atoms with E-state index >= 15 is 0 Å². The summed E-state index contributed by atoms with van der Waals surface area (Å²) in [6, 6.07) is 6.56. The van der Waals surface area contributed by atoms with Gasteiger partial charge in [0.25, 0.3) is 0 Å². The quantitative estimate of drug-likeness (QED) is 0.794. The van der Waals surface area contributed by atoms with E-state index in [1.165, 1.54) is 7.11 Å². The van der Waals surface area contributed by atoms with Crippen molar-refractivity contribution in [3.63, 3.8) is 0 Å². The number of phenols is 1. The van der Waals surface area contributed by atoms with Gasteiger partial charge in [0.05, 0.1) is 19.6 Å². The van der Waals surface area contributed by atoms with Crippen molar-refractivity contribution in [3.8, 4) is 5.75 Å². The molecule has 0 fully saturated rings. The van der Waals surface area contributed by atoms with E-state index in [2.05, 4.69) is 5.43 Å². The summed E-state index contributed by atoms with van der Waals surface area (Å²) in [4.78, 5) is 11.6. The predicted molar refractivity (Wildman–Crippen MR) is 69.4 cm³/mol. The van der Waals surface area contributed by atoms with Crippen molar-refractivity contribution < 1.29 is 14.6 Å². The summed E-state index contributed by atoms with van der Waals surface area (Å²) in [6.45, 7) is 0. The van der Waals surface area contributed by atoms with Crippen molar-refractivity contribution in [2.45, 2.75) is 12.5 Å². The Labute approximate surface area is 111 Å². The smallest absolute Gasteiger partial charge is 0.307 e. The fraction of sp³-hybridized carbons (Fsp3) is 0.308. The van der Waals surface area contributed by atoms with Crippen molar-refractivity contribution >= 4 is 5.97 Å². The topological polar surface area (TPSA) is 65.0 Å². The van der Waals surface area contributed by atoms with Crippen LogP contribution >= 0.6 is 0 Å². The zero-order chi connectivity index (χ0) is 13.8. The van der Waals surface area contributed by atoms with Crippen LogP contribution < -0.4 is 5.43 Å². The molecule has 1 aliphatic heterocycles. The number of hydrazine groups is 2. The molecule has 0 saturated carbocycles. The van der Waals surface area contributed by atoms with Gasteiger partial charge in [0.15, 0.2) is 0 Å². The predicted octanol–water partition coefficient (Wildman–Crippen LogP) is 1.13. The third kappa shape index (κ3) is 2.97. The Bertz CT molecular complexity index is 473. The van der Waals surface area contributed by atoms with Crippen LogP contribution in [0.5, 0.6) is 5.75 Å². The van der Waals surface area contributed by atoms with E-state index in [4.69, 9.17) is 4.74 Å².